The minimum atomic E-state index is -4.56. The maximum Gasteiger partial charge on any atom is 0.433 e. The number of halogens is 3. The van der Waals surface area contributed by atoms with Crippen LogP contribution < -0.4 is 19.7 Å². The molecule has 0 bridgehead atoms. The molecule has 0 spiro atoms. The number of fused-ring (bicyclic) bond motifs is 1. The van der Waals surface area contributed by atoms with Crippen LogP contribution in [0.4, 0.5) is 19.0 Å². The standard InChI is InChI=1S/C27H28F3N5O3S/c1-2-34-9-11-35(12-10-34)24-14-23(27(28,29)30)32-26(33-24)39-16-18-3-6-20(7-4-18)25(36)31-15-19-5-8-21-22(13-19)38-17-37-21/h3-8,13-14H,2,9-12,15-17H2,1H3,(H,31,36). The molecule has 2 aliphatic rings. The highest BCUT2D eigenvalue weighted by atomic mass is 32.2. The molecule has 1 saturated heterocycles. The van der Waals surface area contributed by atoms with Crippen molar-refractivity contribution in [2.75, 3.05) is 44.4 Å². The quantitative estimate of drug-likeness (QED) is 0.317. The Morgan fingerprint density at radius 3 is 2.41 bits per heavy atom. The summed E-state index contributed by atoms with van der Waals surface area (Å²) in [4.78, 5) is 24.9. The van der Waals surface area contributed by atoms with Crippen molar-refractivity contribution >= 4 is 23.5 Å². The number of benzene rings is 2. The second kappa shape index (κ2) is 11.7. The molecule has 1 amide bonds. The van der Waals surface area contributed by atoms with Gasteiger partial charge in [0.1, 0.15) is 5.82 Å². The zero-order valence-electron chi connectivity index (χ0n) is 21.3. The van der Waals surface area contributed by atoms with E-state index in [1.165, 1.54) is 0 Å². The Hall–Kier alpha value is -3.51. The number of piperazine rings is 1. The van der Waals surface area contributed by atoms with E-state index in [1.54, 1.807) is 30.3 Å². The van der Waals surface area contributed by atoms with Gasteiger partial charge >= 0.3 is 6.18 Å². The molecule has 2 aromatic carbocycles. The zero-order valence-corrected chi connectivity index (χ0v) is 22.1. The molecule has 3 aromatic rings. The van der Waals surface area contributed by atoms with Gasteiger partial charge < -0.3 is 24.6 Å². The van der Waals surface area contributed by atoms with Crippen molar-refractivity contribution < 1.29 is 27.4 Å². The van der Waals surface area contributed by atoms with Crippen LogP contribution in [0.5, 0.6) is 11.5 Å². The monoisotopic (exact) mass is 559 g/mol. The normalized spacial score (nSPS) is 15.4. The highest BCUT2D eigenvalue weighted by molar-refractivity contribution is 7.98. The number of likely N-dealkylation sites (N-methyl/N-ethyl adjacent to an activating group) is 1. The van der Waals surface area contributed by atoms with Crippen LogP contribution in [0.15, 0.2) is 53.7 Å². The molecule has 8 nitrogen and oxygen atoms in total. The number of carbonyl (C=O) groups excluding carboxylic acids is 1. The highest BCUT2D eigenvalue weighted by Crippen LogP contribution is 2.33. The van der Waals surface area contributed by atoms with E-state index in [0.717, 1.165) is 48.6 Å². The molecule has 3 heterocycles. The maximum atomic E-state index is 13.6. The summed E-state index contributed by atoms with van der Waals surface area (Å²) >= 11 is 1.14. The van der Waals surface area contributed by atoms with Crippen LogP contribution in [0.25, 0.3) is 0 Å². The van der Waals surface area contributed by atoms with Crippen molar-refractivity contribution in [2.45, 2.75) is 30.6 Å². The van der Waals surface area contributed by atoms with Gasteiger partial charge in [-0.1, -0.05) is 36.9 Å². The molecule has 5 rings (SSSR count). The van der Waals surface area contributed by atoms with E-state index in [9.17, 15) is 18.0 Å². The summed E-state index contributed by atoms with van der Waals surface area (Å²) in [7, 11) is 0. The first-order chi connectivity index (χ1) is 18.8. The maximum absolute atomic E-state index is 13.6. The molecule has 0 radical (unpaired) electrons. The molecule has 12 heteroatoms. The third kappa shape index (κ3) is 6.74. The minimum absolute atomic E-state index is 0.0725. The molecule has 39 heavy (non-hydrogen) atoms. The van der Waals surface area contributed by atoms with Gasteiger partial charge in [-0.25, -0.2) is 9.97 Å². The predicted molar refractivity (Wildman–Crippen MR) is 141 cm³/mol. The Morgan fingerprint density at radius 2 is 1.69 bits per heavy atom. The average molecular weight is 560 g/mol. The summed E-state index contributed by atoms with van der Waals surface area (Å²) < 4.78 is 51.4. The number of thioether (sulfide) groups is 1. The smallest absolute Gasteiger partial charge is 0.433 e. The van der Waals surface area contributed by atoms with Crippen LogP contribution >= 0.6 is 11.8 Å². The van der Waals surface area contributed by atoms with Crippen LogP contribution in [0.1, 0.15) is 34.1 Å². The minimum Gasteiger partial charge on any atom is -0.454 e. The van der Waals surface area contributed by atoms with Gasteiger partial charge in [-0.2, -0.15) is 13.2 Å². The van der Waals surface area contributed by atoms with Gasteiger partial charge in [0.05, 0.1) is 0 Å². The zero-order chi connectivity index (χ0) is 27.4. The van der Waals surface area contributed by atoms with Gasteiger partial charge in [0.15, 0.2) is 22.3 Å². The summed E-state index contributed by atoms with van der Waals surface area (Å²) in [5, 5.41) is 2.95. The number of nitrogens with one attached hydrogen (secondary N) is 1. The summed E-state index contributed by atoms with van der Waals surface area (Å²) in [5.41, 5.74) is 1.26. The lowest BCUT2D eigenvalue weighted by Gasteiger charge is -2.35. The van der Waals surface area contributed by atoms with Gasteiger partial charge in [-0.15, -0.1) is 0 Å². The van der Waals surface area contributed by atoms with Crippen molar-refractivity contribution in [2.24, 2.45) is 0 Å². The van der Waals surface area contributed by atoms with Gasteiger partial charge in [0.2, 0.25) is 6.79 Å². The van der Waals surface area contributed by atoms with E-state index < -0.39 is 11.9 Å². The van der Waals surface area contributed by atoms with Crippen LogP contribution in [0.2, 0.25) is 0 Å². The van der Waals surface area contributed by atoms with Gasteiger partial charge in [0, 0.05) is 50.1 Å². The van der Waals surface area contributed by atoms with Crippen molar-refractivity contribution in [1.29, 1.82) is 0 Å². The summed E-state index contributed by atoms with van der Waals surface area (Å²) in [5.74, 6) is 1.76. The molecule has 1 aromatic heterocycles. The summed E-state index contributed by atoms with van der Waals surface area (Å²) in [6.07, 6.45) is -4.56. The fourth-order valence-corrected chi connectivity index (χ4v) is 5.12. The number of ether oxygens (including phenoxy) is 2. The largest absolute Gasteiger partial charge is 0.454 e. The number of hydrogen-bond donors (Lipinski definition) is 1. The number of aromatic nitrogens is 2. The van der Waals surface area contributed by atoms with Gasteiger partial charge in [-0.3, -0.25) is 4.79 Å². The van der Waals surface area contributed by atoms with E-state index in [1.807, 2.05) is 17.0 Å². The fraction of sp³-hybridized carbons (Fsp3) is 0.370. The summed E-state index contributed by atoms with van der Waals surface area (Å²) in [6.45, 7) is 6.28. The lowest BCUT2D eigenvalue weighted by atomic mass is 10.1. The van der Waals surface area contributed by atoms with E-state index in [-0.39, 0.29) is 17.9 Å². The molecular formula is C27H28F3N5O3S. The van der Waals surface area contributed by atoms with E-state index >= 15 is 0 Å². The number of amides is 1. The molecule has 206 valence electrons. The number of alkyl halides is 3. The van der Waals surface area contributed by atoms with Gasteiger partial charge in [0.25, 0.3) is 5.91 Å². The summed E-state index contributed by atoms with van der Waals surface area (Å²) in [6, 6.07) is 13.5. The Bertz CT molecular complexity index is 1320. The number of nitrogens with zero attached hydrogens (tertiary/aromatic N) is 4. The van der Waals surface area contributed by atoms with E-state index in [0.29, 0.717) is 48.3 Å². The molecule has 0 saturated carbocycles. The first-order valence-electron chi connectivity index (χ1n) is 12.6. The third-order valence-corrected chi connectivity index (χ3v) is 7.52. The van der Waals surface area contributed by atoms with Crippen molar-refractivity contribution in [3.63, 3.8) is 0 Å². The van der Waals surface area contributed by atoms with Crippen LogP contribution in [-0.4, -0.2) is 60.3 Å². The SMILES string of the molecule is CCN1CCN(c2cc(C(F)(F)F)nc(SCc3ccc(C(=O)NCc4ccc5c(c4)OCO5)cc3)n2)CC1. The molecule has 0 unspecified atom stereocenters. The molecule has 2 aliphatic heterocycles. The highest BCUT2D eigenvalue weighted by Gasteiger charge is 2.34. The molecular weight excluding hydrogens is 531 g/mol. The second-order valence-electron chi connectivity index (χ2n) is 9.17. The third-order valence-electron chi connectivity index (χ3n) is 6.60. The van der Waals surface area contributed by atoms with Gasteiger partial charge in [-0.05, 0) is 41.9 Å². The Balaban J connectivity index is 1.20. The van der Waals surface area contributed by atoms with Crippen molar-refractivity contribution in [1.82, 2.24) is 20.2 Å². The van der Waals surface area contributed by atoms with E-state index in [2.05, 4.69) is 27.1 Å². The fourth-order valence-electron chi connectivity index (χ4n) is 4.31. The van der Waals surface area contributed by atoms with Crippen molar-refractivity contribution in [3.05, 3.63) is 70.9 Å². The Morgan fingerprint density at radius 1 is 0.974 bits per heavy atom. The predicted octanol–water partition coefficient (Wildman–Crippen LogP) is 4.59. The Kier molecular flexibility index (Phi) is 8.12. The number of carbonyl (C=O) groups is 1. The van der Waals surface area contributed by atoms with Crippen LogP contribution in [0, 0.1) is 0 Å². The molecule has 0 atom stereocenters. The lowest BCUT2D eigenvalue weighted by Crippen LogP contribution is -2.46. The molecule has 0 aliphatic carbocycles. The van der Waals surface area contributed by atoms with Crippen molar-refractivity contribution in [3.8, 4) is 11.5 Å². The average Bonchev–Trinajstić information content (AvgIpc) is 3.42. The molecule has 1 N–H and O–H groups in total. The van der Waals surface area contributed by atoms with Crippen LogP contribution in [-0.2, 0) is 18.5 Å². The molecule has 1 fully saturated rings. The number of anilines is 1. The lowest BCUT2D eigenvalue weighted by molar-refractivity contribution is -0.141. The topological polar surface area (TPSA) is 79.8 Å². The van der Waals surface area contributed by atoms with E-state index in [4.69, 9.17) is 9.47 Å². The Labute approximate surface area is 228 Å². The number of rotatable bonds is 8. The second-order valence-corrected chi connectivity index (χ2v) is 10.1. The van der Waals surface area contributed by atoms with Crippen LogP contribution in [0.3, 0.4) is 0 Å². The number of hydrogen-bond acceptors (Lipinski definition) is 8. The first kappa shape index (κ1) is 27.1. The first-order valence-corrected chi connectivity index (χ1v) is 13.6.